The van der Waals surface area contributed by atoms with Crippen molar-refractivity contribution in [3.8, 4) is 11.4 Å². The van der Waals surface area contributed by atoms with Crippen molar-refractivity contribution in [1.29, 1.82) is 0 Å². The summed E-state index contributed by atoms with van der Waals surface area (Å²) >= 11 is 0. The highest BCUT2D eigenvalue weighted by molar-refractivity contribution is 5.85. The zero-order chi connectivity index (χ0) is 42.0. The molecule has 3 heterocycles. The van der Waals surface area contributed by atoms with Gasteiger partial charge in [-0.05, 0) is 65.8 Å². The van der Waals surface area contributed by atoms with Crippen LogP contribution in [0, 0.1) is 0 Å². The molecule has 0 saturated heterocycles. The smallest absolute Gasteiger partial charge is 0.407 e. The van der Waals surface area contributed by atoms with Crippen molar-refractivity contribution in [2.24, 2.45) is 10.2 Å². The molecule has 1 aromatic carbocycles. The summed E-state index contributed by atoms with van der Waals surface area (Å²) in [6, 6.07) is 21.3. The maximum atomic E-state index is 13.4. The molecule has 0 aliphatic carbocycles. The van der Waals surface area contributed by atoms with E-state index in [9.17, 15) is 19.2 Å². The van der Waals surface area contributed by atoms with Crippen LogP contribution in [0.15, 0.2) is 95.4 Å². The zero-order valence-corrected chi connectivity index (χ0v) is 33.5. The van der Waals surface area contributed by atoms with Gasteiger partial charge in [-0.15, -0.1) is 0 Å². The summed E-state index contributed by atoms with van der Waals surface area (Å²) in [6.07, 6.45) is 4.98. The number of pyridine rings is 2. The molecule has 18 heteroatoms. The van der Waals surface area contributed by atoms with Gasteiger partial charge in [0.2, 0.25) is 11.8 Å². The van der Waals surface area contributed by atoms with Gasteiger partial charge in [-0.1, -0.05) is 42.5 Å². The van der Waals surface area contributed by atoms with Crippen molar-refractivity contribution in [2.75, 3.05) is 49.3 Å². The van der Waals surface area contributed by atoms with Crippen LogP contribution in [0.2, 0.25) is 0 Å². The molecule has 58 heavy (non-hydrogen) atoms. The molecule has 0 aliphatic rings. The molecule has 0 saturated carbocycles. The van der Waals surface area contributed by atoms with Gasteiger partial charge in [0.05, 0.1) is 23.8 Å². The van der Waals surface area contributed by atoms with E-state index >= 15 is 0 Å². The van der Waals surface area contributed by atoms with E-state index in [-0.39, 0.29) is 56.7 Å². The van der Waals surface area contributed by atoms with Crippen LogP contribution in [0.25, 0.3) is 11.4 Å². The first kappa shape index (κ1) is 43.7. The quantitative estimate of drug-likeness (QED) is 0.0680. The number of hydrogen-bond acceptors (Lipinski definition) is 14. The fraction of sp³-hybridized carbons (Fsp3) is 0.350. The van der Waals surface area contributed by atoms with Gasteiger partial charge in [-0.3, -0.25) is 19.6 Å². The second kappa shape index (κ2) is 21.4. The highest BCUT2D eigenvalue weighted by atomic mass is 16.6. The number of nitrogens with zero attached hydrogens (tertiary/aromatic N) is 8. The molecule has 0 aliphatic heterocycles. The second-order valence-electron chi connectivity index (χ2n) is 14.4. The number of benzene rings is 1. The van der Waals surface area contributed by atoms with Crippen LogP contribution >= 0.6 is 0 Å². The molecule has 18 nitrogen and oxygen atoms in total. The number of carbonyl (C=O) groups excluding carboxylic acids is 4. The number of hydrogen-bond donors (Lipinski definition) is 4. The third-order valence-electron chi connectivity index (χ3n) is 7.11. The van der Waals surface area contributed by atoms with E-state index in [1.54, 1.807) is 96.4 Å². The van der Waals surface area contributed by atoms with E-state index in [1.807, 2.05) is 30.3 Å². The molecular weight excluding hydrogens is 745 g/mol. The van der Waals surface area contributed by atoms with Gasteiger partial charge < -0.3 is 30.7 Å². The number of amides is 4. The lowest BCUT2D eigenvalue weighted by Crippen LogP contribution is -2.41. The Morgan fingerprint density at radius 3 is 1.41 bits per heavy atom. The number of anilines is 2. The number of carbonyl (C=O) groups is 4. The second-order valence-corrected chi connectivity index (χ2v) is 14.4. The topological polar surface area (TPSA) is 218 Å². The highest BCUT2D eigenvalue weighted by Crippen LogP contribution is 2.25. The summed E-state index contributed by atoms with van der Waals surface area (Å²) in [7, 11) is 0. The lowest BCUT2D eigenvalue weighted by atomic mass is 10.2. The van der Waals surface area contributed by atoms with Crippen molar-refractivity contribution in [3.05, 3.63) is 96.6 Å². The normalized spacial score (nSPS) is 11.5. The molecule has 0 atom stereocenters. The van der Waals surface area contributed by atoms with E-state index in [0.717, 1.165) is 0 Å². The van der Waals surface area contributed by atoms with Gasteiger partial charge in [0.15, 0.2) is 17.5 Å². The van der Waals surface area contributed by atoms with Crippen LogP contribution in [-0.4, -0.2) is 107 Å². The minimum absolute atomic E-state index is 0.110. The number of aromatic nitrogens is 4. The van der Waals surface area contributed by atoms with E-state index in [0.29, 0.717) is 17.0 Å². The first-order valence-corrected chi connectivity index (χ1v) is 18.5. The van der Waals surface area contributed by atoms with Gasteiger partial charge in [0.25, 0.3) is 0 Å². The Kier molecular flexibility index (Phi) is 16.1. The Labute approximate surface area is 337 Å². The van der Waals surface area contributed by atoms with Gasteiger partial charge in [0, 0.05) is 50.2 Å². The molecular formula is C40H50N12O6. The minimum Gasteiger partial charge on any atom is -0.444 e. The van der Waals surface area contributed by atoms with Crippen LogP contribution < -0.4 is 31.3 Å². The summed E-state index contributed by atoms with van der Waals surface area (Å²) in [6.45, 7) is 10.4. The average molecular weight is 795 g/mol. The molecule has 0 radical (unpaired) electrons. The number of alkyl carbamates (subject to hydrolysis) is 2. The van der Waals surface area contributed by atoms with Crippen molar-refractivity contribution in [2.45, 2.75) is 52.7 Å². The van der Waals surface area contributed by atoms with Crippen molar-refractivity contribution >= 4 is 48.1 Å². The molecule has 4 rings (SSSR count). The monoisotopic (exact) mass is 794 g/mol. The lowest BCUT2D eigenvalue weighted by Gasteiger charge is -2.23. The Morgan fingerprint density at radius 1 is 0.603 bits per heavy atom. The van der Waals surface area contributed by atoms with Crippen LogP contribution in [-0.2, 0) is 19.1 Å². The highest BCUT2D eigenvalue weighted by Gasteiger charge is 2.21. The third kappa shape index (κ3) is 16.4. The van der Waals surface area contributed by atoms with Gasteiger partial charge in [-0.2, -0.15) is 10.2 Å². The molecule has 306 valence electrons. The predicted octanol–water partition coefficient (Wildman–Crippen LogP) is 3.90. The van der Waals surface area contributed by atoms with Crippen molar-refractivity contribution in [1.82, 2.24) is 41.2 Å². The lowest BCUT2D eigenvalue weighted by molar-refractivity contribution is -0.120. The first-order chi connectivity index (χ1) is 27.6. The molecule has 0 fully saturated rings. The zero-order valence-electron chi connectivity index (χ0n) is 33.5. The summed E-state index contributed by atoms with van der Waals surface area (Å²) in [5, 5.41) is 22.7. The van der Waals surface area contributed by atoms with E-state index in [4.69, 9.17) is 19.4 Å². The Hall–Kier alpha value is -6.98. The van der Waals surface area contributed by atoms with Crippen molar-refractivity contribution < 1.29 is 28.7 Å². The van der Waals surface area contributed by atoms with Gasteiger partial charge in [-0.25, -0.2) is 29.6 Å². The van der Waals surface area contributed by atoms with Gasteiger partial charge >= 0.3 is 12.2 Å². The molecule has 0 unspecified atom stereocenters. The summed E-state index contributed by atoms with van der Waals surface area (Å²) in [4.78, 5) is 69.1. The first-order valence-electron chi connectivity index (χ1n) is 18.5. The van der Waals surface area contributed by atoms with Crippen LogP contribution in [0.3, 0.4) is 0 Å². The number of ether oxygens (including phenoxy) is 2. The Bertz CT molecular complexity index is 1880. The van der Waals surface area contributed by atoms with Gasteiger partial charge in [0.1, 0.15) is 24.3 Å². The number of hydrazone groups is 2. The predicted molar refractivity (Wildman–Crippen MR) is 220 cm³/mol. The molecule has 0 spiro atoms. The Morgan fingerprint density at radius 2 is 1.02 bits per heavy atom. The maximum absolute atomic E-state index is 13.4. The summed E-state index contributed by atoms with van der Waals surface area (Å²) in [5.74, 6) is -0.228. The SMILES string of the molecule is CC(C)(C)OC(=O)NCCNC(=O)CN(/N=C/c1ccccn1)c1cc(N(CC(=O)NCCNC(=O)OC(C)(C)C)/N=C/c2ccccn2)nc(-c2ccccc2)n1. The largest absolute Gasteiger partial charge is 0.444 e. The fourth-order valence-corrected chi connectivity index (χ4v) is 4.67. The van der Waals surface area contributed by atoms with E-state index in [1.165, 1.54) is 22.4 Å². The van der Waals surface area contributed by atoms with Crippen molar-refractivity contribution in [3.63, 3.8) is 0 Å². The summed E-state index contributed by atoms with van der Waals surface area (Å²) in [5.41, 5.74) is 0.345. The fourth-order valence-electron chi connectivity index (χ4n) is 4.67. The van der Waals surface area contributed by atoms with E-state index < -0.39 is 35.2 Å². The number of nitrogens with one attached hydrogen (secondary N) is 4. The molecule has 3 aromatic heterocycles. The molecule has 4 N–H and O–H groups in total. The van der Waals surface area contributed by atoms with Crippen LogP contribution in [0.5, 0.6) is 0 Å². The number of rotatable bonds is 17. The molecule has 4 amide bonds. The van der Waals surface area contributed by atoms with Crippen LogP contribution in [0.4, 0.5) is 21.2 Å². The molecule has 0 bridgehead atoms. The third-order valence-corrected chi connectivity index (χ3v) is 7.11. The van der Waals surface area contributed by atoms with E-state index in [2.05, 4.69) is 41.4 Å². The summed E-state index contributed by atoms with van der Waals surface area (Å²) < 4.78 is 10.5. The average Bonchev–Trinajstić information content (AvgIpc) is 3.18. The Balaban J connectivity index is 1.65. The standard InChI is InChI=1S/C40H50N12O6/c1-39(2,3)57-37(55)45-22-20-43-34(53)27-51(47-25-30-16-10-12-18-41-30)32-24-33(50-36(49-32)29-14-8-7-9-15-29)52(48-26-31-17-11-13-19-42-31)28-35(54)44-21-23-46-38(56)58-40(4,5)6/h7-19,24-26H,20-23,27-28H2,1-6H3,(H,43,53)(H,44,54)(H,45,55)(H,46,56)/b47-25+,48-26+. The molecule has 4 aromatic rings. The van der Waals surface area contributed by atoms with Crippen LogP contribution in [0.1, 0.15) is 52.9 Å². The maximum Gasteiger partial charge on any atom is 0.407 e. The minimum atomic E-state index is -0.668.